The Morgan fingerprint density at radius 1 is 1.20 bits per heavy atom. The fourth-order valence-electron chi connectivity index (χ4n) is 2.85. The maximum Gasteiger partial charge on any atom is 0.341 e. The number of carboxylic acids is 1. The van der Waals surface area contributed by atoms with Crippen LogP contribution in [0.5, 0.6) is 17.2 Å². The van der Waals surface area contributed by atoms with Gasteiger partial charge in [0.05, 0.1) is 13.0 Å². The van der Waals surface area contributed by atoms with Gasteiger partial charge < -0.3 is 19.3 Å². The van der Waals surface area contributed by atoms with E-state index >= 15 is 0 Å². The van der Waals surface area contributed by atoms with Crippen molar-refractivity contribution in [2.75, 3.05) is 13.2 Å². The summed E-state index contributed by atoms with van der Waals surface area (Å²) in [5, 5.41) is 8.69. The van der Waals surface area contributed by atoms with Crippen molar-refractivity contribution >= 4 is 11.9 Å². The summed E-state index contributed by atoms with van der Waals surface area (Å²) in [6.45, 7) is 2.03. The third kappa shape index (κ3) is 3.91. The number of aliphatic carboxylic acids is 1. The maximum absolute atomic E-state index is 12.0. The average molecular weight is 342 g/mol. The van der Waals surface area contributed by atoms with E-state index < -0.39 is 12.6 Å². The topological polar surface area (TPSA) is 82.1 Å². The van der Waals surface area contributed by atoms with Crippen LogP contribution in [0.25, 0.3) is 0 Å². The minimum Gasteiger partial charge on any atom is -0.494 e. The number of carboxylic acid groups (broad SMARTS) is 1. The van der Waals surface area contributed by atoms with Gasteiger partial charge in [0.15, 0.2) is 6.61 Å². The van der Waals surface area contributed by atoms with Gasteiger partial charge in [-0.05, 0) is 30.7 Å². The Kier molecular flexibility index (Phi) is 4.88. The van der Waals surface area contributed by atoms with Crippen molar-refractivity contribution in [3.8, 4) is 17.2 Å². The van der Waals surface area contributed by atoms with Crippen molar-refractivity contribution in [2.24, 2.45) is 0 Å². The number of fused-ring (bicyclic) bond motifs is 1. The van der Waals surface area contributed by atoms with Crippen LogP contribution in [0.15, 0.2) is 42.5 Å². The molecule has 1 aliphatic rings. The van der Waals surface area contributed by atoms with Crippen molar-refractivity contribution < 1.29 is 28.9 Å². The first-order valence-corrected chi connectivity index (χ1v) is 7.98. The summed E-state index contributed by atoms with van der Waals surface area (Å²) < 4.78 is 16.0. The Labute approximate surface area is 144 Å². The lowest BCUT2D eigenvalue weighted by atomic mass is 9.86. The molecule has 0 amide bonds. The van der Waals surface area contributed by atoms with Crippen LogP contribution in [0.3, 0.4) is 0 Å². The molecule has 1 aliphatic heterocycles. The van der Waals surface area contributed by atoms with Crippen molar-refractivity contribution in [1.29, 1.82) is 0 Å². The van der Waals surface area contributed by atoms with E-state index in [0.717, 1.165) is 16.9 Å². The van der Waals surface area contributed by atoms with Crippen molar-refractivity contribution in [1.82, 2.24) is 0 Å². The number of ether oxygens (including phenoxy) is 3. The molecule has 1 atom stereocenters. The maximum atomic E-state index is 12.0. The van der Waals surface area contributed by atoms with Gasteiger partial charge in [0.25, 0.3) is 0 Å². The molecular formula is C19H18O6. The number of esters is 1. The molecule has 0 saturated carbocycles. The van der Waals surface area contributed by atoms with Gasteiger partial charge in [-0.25, -0.2) is 4.79 Å². The molecule has 25 heavy (non-hydrogen) atoms. The third-order valence-corrected chi connectivity index (χ3v) is 3.89. The molecule has 0 radical (unpaired) electrons. The van der Waals surface area contributed by atoms with Gasteiger partial charge >= 0.3 is 11.9 Å². The van der Waals surface area contributed by atoms with Crippen LogP contribution >= 0.6 is 0 Å². The summed E-state index contributed by atoms with van der Waals surface area (Å²) in [7, 11) is 0. The van der Waals surface area contributed by atoms with Gasteiger partial charge in [-0.15, -0.1) is 0 Å². The fourth-order valence-corrected chi connectivity index (χ4v) is 2.85. The summed E-state index contributed by atoms with van der Waals surface area (Å²) in [6, 6.07) is 12.7. The molecule has 0 aliphatic carbocycles. The SMILES string of the molecule is CCOc1cccc(C2CC(=O)Oc3cc(OCC(=O)O)ccc32)c1. The Hall–Kier alpha value is -3.02. The van der Waals surface area contributed by atoms with E-state index in [0.29, 0.717) is 18.1 Å². The number of benzene rings is 2. The summed E-state index contributed by atoms with van der Waals surface area (Å²) in [5.74, 6) is -0.0641. The average Bonchev–Trinajstić information content (AvgIpc) is 2.59. The van der Waals surface area contributed by atoms with E-state index in [1.807, 2.05) is 31.2 Å². The monoisotopic (exact) mass is 342 g/mol. The van der Waals surface area contributed by atoms with Gasteiger partial charge in [-0.2, -0.15) is 0 Å². The van der Waals surface area contributed by atoms with Crippen LogP contribution in [-0.2, 0) is 9.59 Å². The molecule has 0 fully saturated rings. The lowest BCUT2D eigenvalue weighted by molar-refractivity contribution is -0.139. The molecule has 0 spiro atoms. The normalized spacial score (nSPS) is 15.9. The van der Waals surface area contributed by atoms with Crippen LogP contribution in [0.4, 0.5) is 0 Å². The minimum atomic E-state index is -1.07. The minimum absolute atomic E-state index is 0.148. The number of carbonyl (C=O) groups excluding carboxylic acids is 1. The zero-order valence-corrected chi connectivity index (χ0v) is 13.7. The van der Waals surface area contributed by atoms with E-state index in [1.54, 1.807) is 18.2 Å². The molecule has 1 unspecified atom stereocenters. The highest BCUT2D eigenvalue weighted by molar-refractivity contribution is 5.78. The predicted octanol–water partition coefficient (Wildman–Crippen LogP) is 2.99. The second-order valence-electron chi connectivity index (χ2n) is 5.62. The Morgan fingerprint density at radius 2 is 2.00 bits per heavy atom. The Balaban J connectivity index is 1.92. The summed E-state index contributed by atoms with van der Waals surface area (Å²) in [6.07, 6.45) is 0.234. The molecule has 1 N–H and O–H groups in total. The van der Waals surface area contributed by atoms with Crippen LogP contribution < -0.4 is 14.2 Å². The fraction of sp³-hybridized carbons (Fsp3) is 0.263. The molecule has 6 nitrogen and oxygen atoms in total. The van der Waals surface area contributed by atoms with E-state index in [2.05, 4.69) is 0 Å². The summed E-state index contributed by atoms with van der Waals surface area (Å²) in [4.78, 5) is 22.6. The smallest absolute Gasteiger partial charge is 0.341 e. The molecule has 0 aromatic heterocycles. The zero-order valence-electron chi connectivity index (χ0n) is 13.7. The Morgan fingerprint density at radius 3 is 2.76 bits per heavy atom. The molecule has 6 heteroatoms. The predicted molar refractivity (Wildman–Crippen MR) is 89.3 cm³/mol. The quantitative estimate of drug-likeness (QED) is 0.642. The van der Waals surface area contributed by atoms with E-state index in [-0.39, 0.29) is 18.3 Å². The van der Waals surface area contributed by atoms with Crippen LogP contribution in [0.2, 0.25) is 0 Å². The Bertz CT molecular complexity index is 798. The van der Waals surface area contributed by atoms with Crippen LogP contribution in [-0.4, -0.2) is 30.3 Å². The second kappa shape index (κ2) is 7.25. The van der Waals surface area contributed by atoms with Crippen molar-refractivity contribution in [3.63, 3.8) is 0 Å². The number of carbonyl (C=O) groups is 2. The molecule has 3 rings (SSSR count). The molecule has 2 aromatic carbocycles. The van der Waals surface area contributed by atoms with Gasteiger partial charge in [0.1, 0.15) is 17.2 Å². The van der Waals surface area contributed by atoms with Gasteiger partial charge in [-0.1, -0.05) is 18.2 Å². The van der Waals surface area contributed by atoms with E-state index in [9.17, 15) is 9.59 Å². The van der Waals surface area contributed by atoms with Crippen molar-refractivity contribution in [2.45, 2.75) is 19.3 Å². The van der Waals surface area contributed by atoms with E-state index in [1.165, 1.54) is 0 Å². The largest absolute Gasteiger partial charge is 0.494 e. The number of rotatable bonds is 6. The van der Waals surface area contributed by atoms with Gasteiger partial charge in [-0.3, -0.25) is 4.79 Å². The third-order valence-electron chi connectivity index (χ3n) is 3.89. The van der Waals surface area contributed by atoms with Crippen LogP contribution in [0.1, 0.15) is 30.4 Å². The molecule has 1 heterocycles. The highest BCUT2D eigenvalue weighted by Crippen LogP contribution is 2.41. The first-order valence-electron chi connectivity index (χ1n) is 7.98. The first kappa shape index (κ1) is 16.8. The van der Waals surface area contributed by atoms with E-state index in [4.69, 9.17) is 19.3 Å². The lowest BCUT2D eigenvalue weighted by Crippen LogP contribution is -2.21. The molecule has 130 valence electrons. The van der Waals surface area contributed by atoms with Crippen molar-refractivity contribution in [3.05, 3.63) is 53.6 Å². The molecule has 0 bridgehead atoms. The zero-order chi connectivity index (χ0) is 17.8. The number of hydrogen-bond acceptors (Lipinski definition) is 5. The summed E-state index contributed by atoms with van der Waals surface area (Å²) >= 11 is 0. The lowest BCUT2D eigenvalue weighted by Gasteiger charge is -2.25. The number of hydrogen-bond donors (Lipinski definition) is 1. The molecule has 2 aromatic rings. The highest BCUT2D eigenvalue weighted by Gasteiger charge is 2.29. The van der Waals surface area contributed by atoms with Crippen LogP contribution in [0, 0.1) is 0 Å². The van der Waals surface area contributed by atoms with Gasteiger partial charge in [0, 0.05) is 17.5 Å². The molecular weight excluding hydrogens is 324 g/mol. The second-order valence-corrected chi connectivity index (χ2v) is 5.62. The first-order chi connectivity index (χ1) is 12.1. The standard InChI is InChI=1S/C19H18O6/c1-2-23-13-5-3-4-12(8-13)16-10-19(22)25-17-9-14(6-7-15(16)17)24-11-18(20)21/h3-9,16H,2,10-11H2,1H3,(H,20,21). The summed E-state index contributed by atoms with van der Waals surface area (Å²) in [5.41, 5.74) is 1.82. The van der Waals surface area contributed by atoms with Gasteiger partial charge in [0.2, 0.25) is 0 Å². The highest BCUT2D eigenvalue weighted by atomic mass is 16.5. The molecule has 0 saturated heterocycles.